The lowest BCUT2D eigenvalue weighted by Gasteiger charge is -2.10. The third-order valence-electron chi connectivity index (χ3n) is 4.19. The van der Waals surface area contributed by atoms with Crippen LogP contribution < -0.4 is 19.6 Å². The average molecular weight is 388 g/mol. The normalized spacial score (nSPS) is 10.5. The van der Waals surface area contributed by atoms with Gasteiger partial charge in [0.25, 0.3) is 5.91 Å². The number of carbonyl (C=O) groups excluding carboxylic acids is 1. The van der Waals surface area contributed by atoms with Gasteiger partial charge in [0, 0.05) is 0 Å². The summed E-state index contributed by atoms with van der Waals surface area (Å²) in [6.07, 6.45) is 6.72. The number of methoxy groups -OCH3 is 2. The molecule has 0 aromatic heterocycles. The number of fused-ring (bicyclic) bond motifs is 1. The van der Waals surface area contributed by atoms with E-state index in [9.17, 15) is 4.79 Å². The summed E-state index contributed by atoms with van der Waals surface area (Å²) < 4.78 is 16.1. The van der Waals surface area contributed by atoms with E-state index >= 15 is 0 Å². The molecular formula is C23H20N2O4. The molecule has 29 heavy (non-hydrogen) atoms. The zero-order valence-corrected chi connectivity index (χ0v) is 16.1. The molecule has 3 aromatic rings. The van der Waals surface area contributed by atoms with Crippen molar-refractivity contribution in [2.24, 2.45) is 5.10 Å². The Kier molecular flexibility index (Phi) is 6.33. The van der Waals surface area contributed by atoms with E-state index in [0.29, 0.717) is 22.8 Å². The molecule has 0 radical (unpaired) electrons. The second kappa shape index (κ2) is 9.29. The van der Waals surface area contributed by atoms with Gasteiger partial charge in [0.05, 0.1) is 26.0 Å². The predicted molar refractivity (Wildman–Crippen MR) is 113 cm³/mol. The average Bonchev–Trinajstić information content (AvgIpc) is 2.76. The first kappa shape index (κ1) is 19.8. The SMILES string of the molecule is C#CCOc1ccc(/C=N\NC(=O)c2cc3ccccc3cc2OC)cc1OC. The summed E-state index contributed by atoms with van der Waals surface area (Å²) in [7, 11) is 3.06. The Bertz CT molecular complexity index is 1100. The van der Waals surface area contributed by atoms with E-state index in [1.165, 1.54) is 20.4 Å². The number of amides is 1. The Morgan fingerprint density at radius 3 is 2.45 bits per heavy atom. The van der Waals surface area contributed by atoms with Gasteiger partial charge in [-0.3, -0.25) is 4.79 Å². The summed E-state index contributed by atoms with van der Waals surface area (Å²) >= 11 is 0. The Hall–Kier alpha value is -3.98. The number of hydrazone groups is 1. The van der Waals surface area contributed by atoms with E-state index in [-0.39, 0.29) is 12.5 Å². The van der Waals surface area contributed by atoms with Gasteiger partial charge in [-0.1, -0.05) is 30.2 Å². The third kappa shape index (κ3) is 4.66. The van der Waals surface area contributed by atoms with Crippen LogP contribution in [0.15, 0.2) is 59.7 Å². The molecule has 146 valence electrons. The lowest BCUT2D eigenvalue weighted by Crippen LogP contribution is -2.18. The first-order chi connectivity index (χ1) is 14.2. The van der Waals surface area contributed by atoms with Crippen molar-refractivity contribution < 1.29 is 19.0 Å². The van der Waals surface area contributed by atoms with Gasteiger partial charge in [-0.05, 0) is 46.7 Å². The number of ether oxygens (including phenoxy) is 3. The van der Waals surface area contributed by atoms with E-state index in [4.69, 9.17) is 20.6 Å². The number of rotatable bonds is 7. The zero-order valence-electron chi connectivity index (χ0n) is 16.1. The van der Waals surface area contributed by atoms with Crippen LogP contribution in [0, 0.1) is 12.3 Å². The molecule has 0 saturated heterocycles. The summed E-state index contributed by atoms with van der Waals surface area (Å²) in [6, 6.07) is 16.6. The molecule has 0 aliphatic carbocycles. The van der Waals surface area contributed by atoms with Crippen molar-refractivity contribution >= 4 is 22.9 Å². The summed E-state index contributed by atoms with van der Waals surface area (Å²) in [5, 5.41) is 5.96. The van der Waals surface area contributed by atoms with Crippen LogP contribution in [0.1, 0.15) is 15.9 Å². The first-order valence-electron chi connectivity index (χ1n) is 8.80. The molecule has 0 saturated carbocycles. The number of carbonyl (C=O) groups is 1. The third-order valence-corrected chi connectivity index (χ3v) is 4.19. The Balaban J connectivity index is 1.76. The quantitative estimate of drug-likeness (QED) is 0.381. The highest BCUT2D eigenvalue weighted by atomic mass is 16.5. The van der Waals surface area contributed by atoms with Gasteiger partial charge >= 0.3 is 0 Å². The second-order valence-electron chi connectivity index (χ2n) is 6.00. The standard InChI is InChI=1S/C23H20N2O4/c1-4-11-29-20-10-9-16(12-22(20)28-3)15-24-25-23(26)19-13-17-7-5-6-8-18(17)14-21(19)27-2/h1,5-10,12-15H,11H2,2-3H3,(H,25,26)/b24-15-. The van der Waals surface area contributed by atoms with Crippen LogP contribution in [0.5, 0.6) is 17.2 Å². The van der Waals surface area contributed by atoms with Gasteiger partial charge in [0.15, 0.2) is 11.5 Å². The molecule has 3 aromatic carbocycles. The van der Waals surface area contributed by atoms with Gasteiger partial charge in [0.1, 0.15) is 12.4 Å². The van der Waals surface area contributed by atoms with Gasteiger partial charge in [-0.15, -0.1) is 6.42 Å². The Morgan fingerprint density at radius 2 is 1.76 bits per heavy atom. The van der Waals surface area contributed by atoms with Gasteiger partial charge in [-0.25, -0.2) is 5.43 Å². The summed E-state index contributed by atoms with van der Waals surface area (Å²) in [6.45, 7) is 0.146. The van der Waals surface area contributed by atoms with Crippen LogP contribution >= 0.6 is 0 Å². The molecule has 0 aliphatic heterocycles. The van der Waals surface area contributed by atoms with Crippen LogP contribution in [0.2, 0.25) is 0 Å². The number of hydrogen-bond acceptors (Lipinski definition) is 5. The fourth-order valence-electron chi connectivity index (χ4n) is 2.79. The number of nitrogens with zero attached hydrogens (tertiary/aromatic N) is 1. The molecule has 3 rings (SSSR count). The molecule has 0 aliphatic rings. The number of benzene rings is 3. The topological polar surface area (TPSA) is 69.2 Å². The highest BCUT2D eigenvalue weighted by Gasteiger charge is 2.13. The molecule has 1 N–H and O–H groups in total. The maximum absolute atomic E-state index is 12.6. The summed E-state index contributed by atoms with van der Waals surface area (Å²) in [5.74, 6) is 3.57. The highest BCUT2D eigenvalue weighted by Crippen LogP contribution is 2.28. The molecule has 0 heterocycles. The minimum atomic E-state index is -0.371. The number of terminal acetylenes is 1. The predicted octanol–water partition coefficient (Wildman–Crippen LogP) is 3.63. The number of nitrogens with one attached hydrogen (secondary N) is 1. The molecule has 6 heteroatoms. The second-order valence-corrected chi connectivity index (χ2v) is 6.00. The monoisotopic (exact) mass is 388 g/mol. The molecule has 0 bridgehead atoms. The molecule has 1 amide bonds. The highest BCUT2D eigenvalue weighted by molar-refractivity contribution is 6.02. The lowest BCUT2D eigenvalue weighted by molar-refractivity contribution is 0.0952. The van der Waals surface area contributed by atoms with E-state index in [0.717, 1.165) is 16.3 Å². The fraction of sp³-hybridized carbons (Fsp3) is 0.130. The van der Waals surface area contributed by atoms with Crippen molar-refractivity contribution in [3.8, 4) is 29.6 Å². The lowest BCUT2D eigenvalue weighted by atomic mass is 10.1. The van der Waals surface area contributed by atoms with E-state index in [1.54, 1.807) is 24.3 Å². The van der Waals surface area contributed by atoms with Crippen molar-refractivity contribution in [3.05, 3.63) is 65.7 Å². The first-order valence-corrected chi connectivity index (χ1v) is 8.80. The minimum absolute atomic E-state index is 0.146. The molecule has 0 fully saturated rings. The van der Waals surface area contributed by atoms with Crippen molar-refractivity contribution in [2.45, 2.75) is 0 Å². The molecule has 0 spiro atoms. The Labute approximate surface area is 169 Å². The molecule has 6 nitrogen and oxygen atoms in total. The van der Waals surface area contributed by atoms with Gasteiger partial charge in [-0.2, -0.15) is 5.10 Å². The van der Waals surface area contributed by atoms with Gasteiger partial charge in [0.2, 0.25) is 0 Å². The van der Waals surface area contributed by atoms with E-state index in [1.807, 2.05) is 30.3 Å². The summed E-state index contributed by atoms with van der Waals surface area (Å²) in [4.78, 5) is 12.6. The largest absolute Gasteiger partial charge is 0.496 e. The van der Waals surface area contributed by atoms with Gasteiger partial charge < -0.3 is 14.2 Å². The van der Waals surface area contributed by atoms with Crippen LogP contribution in [0.4, 0.5) is 0 Å². The molecule has 0 unspecified atom stereocenters. The van der Waals surface area contributed by atoms with Crippen molar-refractivity contribution in [1.29, 1.82) is 0 Å². The maximum atomic E-state index is 12.6. The van der Waals surface area contributed by atoms with Crippen LogP contribution in [0.25, 0.3) is 10.8 Å². The van der Waals surface area contributed by atoms with Crippen molar-refractivity contribution in [1.82, 2.24) is 5.43 Å². The zero-order chi connectivity index (χ0) is 20.6. The smallest absolute Gasteiger partial charge is 0.275 e. The van der Waals surface area contributed by atoms with E-state index in [2.05, 4.69) is 16.4 Å². The molecule has 0 atom stereocenters. The Morgan fingerprint density at radius 1 is 1.03 bits per heavy atom. The minimum Gasteiger partial charge on any atom is -0.496 e. The molecular weight excluding hydrogens is 368 g/mol. The van der Waals surface area contributed by atoms with Crippen LogP contribution in [0.3, 0.4) is 0 Å². The fourth-order valence-corrected chi connectivity index (χ4v) is 2.79. The maximum Gasteiger partial charge on any atom is 0.275 e. The van der Waals surface area contributed by atoms with Crippen LogP contribution in [-0.4, -0.2) is 32.9 Å². The number of hydrogen-bond donors (Lipinski definition) is 1. The van der Waals surface area contributed by atoms with Crippen LogP contribution in [-0.2, 0) is 0 Å². The van der Waals surface area contributed by atoms with E-state index < -0.39 is 0 Å². The van der Waals surface area contributed by atoms with Crippen molar-refractivity contribution in [2.75, 3.05) is 20.8 Å². The summed E-state index contributed by atoms with van der Waals surface area (Å²) in [5.41, 5.74) is 3.65. The van der Waals surface area contributed by atoms with Crippen molar-refractivity contribution in [3.63, 3.8) is 0 Å².